The van der Waals surface area contributed by atoms with E-state index in [0.717, 1.165) is 22.9 Å². The number of carbonyl (C=O) groups is 1. The van der Waals surface area contributed by atoms with Crippen molar-refractivity contribution in [2.75, 3.05) is 6.61 Å². The van der Waals surface area contributed by atoms with E-state index in [1.165, 1.54) is 5.69 Å². The molecule has 0 unspecified atom stereocenters. The van der Waals surface area contributed by atoms with Crippen molar-refractivity contribution >= 4 is 16.9 Å². The predicted molar refractivity (Wildman–Crippen MR) is 70.7 cm³/mol. The number of carbonyl (C=O) groups excluding carboxylic acids is 1. The number of H-pyrrole nitrogens is 1. The topological polar surface area (TPSA) is 42.1 Å². The fourth-order valence-corrected chi connectivity index (χ4v) is 2.99. The summed E-state index contributed by atoms with van der Waals surface area (Å²) in [5.74, 6) is 0.195. The first-order valence-corrected chi connectivity index (χ1v) is 6.49. The lowest BCUT2D eigenvalue weighted by Gasteiger charge is -2.10. The molecule has 1 aromatic heterocycles. The summed E-state index contributed by atoms with van der Waals surface area (Å²) in [4.78, 5) is 15.5. The Kier molecular flexibility index (Phi) is 2.62. The molecule has 1 N–H and O–H groups in total. The smallest absolute Gasteiger partial charge is 0.313 e. The third kappa shape index (κ3) is 1.54. The monoisotopic (exact) mass is 243 g/mol. The summed E-state index contributed by atoms with van der Waals surface area (Å²) in [6.07, 6.45) is 0.852. The number of aromatic nitrogens is 1. The van der Waals surface area contributed by atoms with Gasteiger partial charge in [0.1, 0.15) is 0 Å². The summed E-state index contributed by atoms with van der Waals surface area (Å²) >= 11 is 0. The molecular formula is C15H17NO2. The van der Waals surface area contributed by atoms with Crippen LogP contribution in [0.15, 0.2) is 24.3 Å². The van der Waals surface area contributed by atoms with Gasteiger partial charge >= 0.3 is 5.97 Å². The molecule has 0 bridgehead atoms. The number of benzene rings is 1. The van der Waals surface area contributed by atoms with Crippen LogP contribution in [-0.4, -0.2) is 17.6 Å². The predicted octanol–water partition coefficient (Wildman–Crippen LogP) is 3.32. The van der Waals surface area contributed by atoms with Crippen molar-refractivity contribution in [1.82, 2.24) is 4.98 Å². The van der Waals surface area contributed by atoms with E-state index in [4.69, 9.17) is 4.74 Å². The lowest BCUT2D eigenvalue weighted by molar-refractivity contribution is -0.144. The number of fused-ring (bicyclic) bond motifs is 3. The van der Waals surface area contributed by atoms with Gasteiger partial charge in [0, 0.05) is 16.6 Å². The van der Waals surface area contributed by atoms with E-state index in [9.17, 15) is 4.79 Å². The van der Waals surface area contributed by atoms with E-state index in [0.29, 0.717) is 12.5 Å². The van der Waals surface area contributed by atoms with E-state index in [-0.39, 0.29) is 11.9 Å². The van der Waals surface area contributed by atoms with Crippen molar-refractivity contribution in [2.24, 2.45) is 0 Å². The van der Waals surface area contributed by atoms with Crippen molar-refractivity contribution in [3.05, 3.63) is 35.5 Å². The average Bonchev–Trinajstić information content (AvgIpc) is 2.88. The average molecular weight is 243 g/mol. The summed E-state index contributed by atoms with van der Waals surface area (Å²) < 4.78 is 5.20. The van der Waals surface area contributed by atoms with Crippen molar-refractivity contribution < 1.29 is 9.53 Å². The quantitative estimate of drug-likeness (QED) is 0.822. The van der Waals surface area contributed by atoms with Crippen LogP contribution in [0.1, 0.15) is 43.4 Å². The maximum absolute atomic E-state index is 12.1. The third-order valence-electron chi connectivity index (χ3n) is 3.78. The van der Waals surface area contributed by atoms with Crippen LogP contribution in [0.4, 0.5) is 0 Å². The van der Waals surface area contributed by atoms with Crippen LogP contribution in [0, 0.1) is 0 Å². The van der Waals surface area contributed by atoms with Crippen LogP contribution >= 0.6 is 0 Å². The molecule has 0 aliphatic heterocycles. The van der Waals surface area contributed by atoms with Crippen molar-refractivity contribution in [2.45, 2.75) is 32.1 Å². The molecule has 3 heteroatoms. The molecule has 0 saturated carbocycles. The Morgan fingerprint density at radius 2 is 2.22 bits per heavy atom. The van der Waals surface area contributed by atoms with Crippen LogP contribution in [0.2, 0.25) is 0 Å². The van der Waals surface area contributed by atoms with Gasteiger partial charge in [-0.25, -0.2) is 0 Å². The summed E-state index contributed by atoms with van der Waals surface area (Å²) in [6, 6.07) is 8.16. The number of esters is 1. The first kappa shape index (κ1) is 11.3. The number of para-hydroxylation sites is 1. The minimum absolute atomic E-state index is 0.0900. The maximum Gasteiger partial charge on any atom is 0.313 e. The molecule has 1 aromatic carbocycles. The zero-order valence-electron chi connectivity index (χ0n) is 10.7. The zero-order valence-corrected chi connectivity index (χ0v) is 10.7. The standard InChI is InChI=1S/C15H17NO2/c1-3-18-15(17)11-8-9(2)14-13(11)10-6-4-5-7-12(10)16-14/h4-7,9,11,16H,3,8H2,1-2H3/t9-,11+/m1/s1. The number of hydrogen-bond donors (Lipinski definition) is 1. The van der Waals surface area contributed by atoms with Crippen molar-refractivity contribution in [3.63, 3.8) is 0 Å². The van der Waals surface area contributed by atoms with Gasteiger partial charge in [0.15, 0.2) is 0 Å². The summed E-state index contributed by atoms with van der Waals surface area (Å²) in [5.41, 5.74) is 3.47. The number of ether oxygens (including phenoxy) is 1. The highest BCUT2D eigenvalue weighted by Crippen LogP contribution is 2.45. The van der Waals surface area contributed by atoms with E-state index >= 15 is 0 Å². The van der Waals surface area contributed by atoms with Gasteiger partial charge < -0.3 is 9.72 Å². The molecule has 0 amide bonds. The second-order valence-corrected chi connectivity index (χ2v) is 4.94. The maximum atomic E-state index is 12.1. The molecule has 0 saturated heterocycles. The first-order valence-electron chi connectivity index (χ1n) is 6.49. The molecule has 2 aromatic rings. The van der Waals surface area contributed by atoms with Gasteiger partial charge in [0.25, 0.3) is 0 Å². The molecule has 2 atom stereocenters. The van der Waals surface area contributed by atoms with Gasteiger partial charge in [-0.05, 0) is 30.9 Å². The Hall–Kier alpha value is -1.77. The fourth-order valence-electron chi connectivity index (χ4n) is 2.99. The van der Waals surface area contributed by atoms with Crippen LogP contribution < -0.4 is 0 Å². The van der Waals surface area contributed by atoms with Crippen LogP contribution in [0.25, 0.3) is 10.9 Å². The van der Waals surface area contributed by atoms with Crippen LogP contribution in [0.3, 0.4) is 0 Å². The lowest BCUT2D eigenvalue weighted by Crippen LogP contribution is -2.13. The largest absolute Gasteiger partial charge is 0.466 e. The molecule has 0 radical (unpaired) electrons. The number of hydrogen-bond acceptors (Lipinski definition) is 2. The van der Waals surface area contributed by atoms with Crippen LogP contribution in [-0.2, 0) is 9.53 Å². The molecule has 0 fully saturated rings. The van der Waals surface area contributed by atoms with E-state index in [2.05, 4.69) is 24.0 Å². The minimum atomic E-state index is -0.105. The minimum Gasteiger partial charge on any atom is -0.466 e. The third-order valence-corrected chi connectivity index (χ3v) is 3.78. The second-order valence-electron chi connectivity index (χ2n) is 4.94. The van der Waals surface area contributed by atoms with Gasteiger partial charge in [-0.1, -0.05) is 25.1 Å². The summed E-state index contributed by atoms with van der Waals surface area (Å²) in [7, 11) is 0. The molecule has 18 heavy (non-hydrogen) atoms. The summed E-state index contributed by atoms with van der Waals surface area (Å²) in [6.45, 7) is 4.46. The second kappa shape index (κ2) is 4.16. The van der Waals surface area contributed by atoms with E-state index < -0.39 is 0 Å². The van der Waals surface area contributed by atoms with Crippen LogP contribution in [0.5, 0.6) is 0 Å². The SMILES string of the molecule is CCOC(=O)[C@H]1C[C@@H](C)c2[nH]c3ccccc3c21. The molecule has 3 nitrogen and oxygen atoms in total. The normalized spacial score (nSPS) is 22.1. The van der Waals surface area contributed by atoms with Crippen molar-refractivity contribution in [3.8, 4) is 0 Å². The highest BCUT2D eigenvalue weighted by molar-refractivity contribution is 5.92. The molecule has 1 aliphatic carbocycles. The molecular weight excluding hydrogens is 226 g/mol. The number of rotatable bonds is 2. The molecule has 0 spiro atoms. The highest BCUT2D eigenvalue weighted by Gasteiger charge is 2.37. The highest BCUT2D eigenvalue weighted by atomic mass is 16.5. The lowest BCUT2D eigenvalue weighted by atomic mass is 9.99. The molecule has 3 rings (SSSR count). The Balaban J connectivity index is 2.12. The van der Waals surface area contributed by atoms with Gasteiger partial charge in [-0.2, -0.15) is 0 Å². The Morgan fingerprint density at radius 1 is 1.44 bits per heavy atom. The fraction of sp³-hybridized carbons (Fsp3) is 0.400. The van der Waals surface area contributed by atoms with Crippen molar-refractivity contribution in [1.29, 1.82) is 0 Å². The van der Waals surface area contributed by atoms with Gasteiger partial charge in [-0.3, -0.25) is 4.79 Å². The van der Waals surface area contributed by atoms with Gasteiger partial charge in [0.05, 0.1) is 12.5 Å². The van der Waals surface area contributed by atoms with E-state index in [1.807, 2.05) is 19.1 Å². The molecule has 1 heterocycles. The van der Waals surface area contributed by atoms with E-state index in [1.54, 1.807) is 0 Å². The summed E-state index contributed by atoms with van der Waals surface area (Å²) in [5, 5.41) is 1.16. The Labute approximate surface area is 106 Å². The first-order chi connectivity index (χ1) is 8.72. The van der Waals surface area contributed by atoms with Gasteiger partial charge in [0.2, 0.25) is 0 Å². The molecule has 94 valence electrons. The number of aromatic amines is 1. The number of nitrogens with one attached hydrogen (secondary N) is 1. The zero-order chi connectivity index (χ0) is 12.7. The Bertz CT molecular complexity index is 600. The molecule has 1 aliphatic rings. The Morgan fingerprint density at radius 3 is 3.00 bits per heavy atom. The van der Waals surface area contributed by atoms with Gasteiger partial charge in [-0.15, -0.1) is 0 Å².